The van der Waals surface area contributed by atoms with Gasteiger partial charge in [-0.15, -0.1) is 0 Å². The summed E-state index contributed by atoms with van der Waals surface area (Å²) in [6.07, 6.45) is 0.579. The number of benzene rings is 1. The summed E-state index contributed by atoms with van der Waals surface area (Å²) in [6, 6.07) is 6.05. The fraction of sp³-hybridized carbons (Fsp3) is 0.300. The van der Waals surface area contributed by atoms with Crippen LogP contribution in [0.25, 0.3) is 0 Å². The van der Waals surface area contributed by atoms with E-state index in [4.69, 9.17) is 11.1 Å². The van der Waals surface area contributed by atoms with Crippen LogP contribution in [0.15, 0.2) is 22.7 Å². The van der Waals surface area contributed by atoms with Gasteiger partial charge in [-0.25, -0.2) is 0 Å². The van der Waals surface area contributed by atoms with E-state index < -0.39 is 0 Å². The normalized spacial score (nSPS) is 9.86. The molecule has 0 aliphatic heterocycles. The van der Waals surface area contributed by atoms with Crippen LogP contribution in [-0.2, 0) is 0 Å². The largest absolute Gasteiger partial charge is 0.388 e. The van der Waals surface area contributed by atoms with Crippen molar-refractivity contribution in [3.8, 4) is 0 Å². The number of nitrogens with two attached hydrogens (primary N) is 1. The van der Waals surface area contributed by atoms with E-state index in [9.17, 15) is 0 Å². The van der Waals surface area contributed by atoms with E-state index in [2.05, 4.69) is 27.3 Å². The Bertz CT molecular complexity index is 336. The summed E-state index contributed by atoms with van der Waals surface area (Å²) in [6.45, 7) is 2.75. The Labute approximate surface area is 92.3 Å². The van der Waals surface area contributed by atoms with E-state index in [0.717, 1.165) is 10.2 Å². The Morgan fingerprint density at radius 2 is 2.29 bits per heavy atom. The first-order valence-electron chi connectivity index (χ1n) is 4.42. The second-order valence-electron chi connectivity index (χ2n) is 3.16. The van der Waals surface area contributed by atoms with Crippen LogP contribution in [0.4, 0.5) is 5.69 Å². The maximum atomic E-state index is 7.08. The van der Waals surface area contributed by atoms with Gasteiger partial charge >= 0.3 is 0 Å². The highest BCUT2D eigenvalue weighted by atomic mass is 79.9. The molecule has 76 valence electrons. The van der Waals surface area contributed by atoms with Gasteiger partial charge in [0.25, 0.3) is 0 Å². The third-order valence-electron chi connectivity index (χ3n) is 1.90. The smallest absolute Gasteiger partial charge is 0.0923 e. The third-order valence-corrected chi connectivity index (χ3v) is 2.39. The number of hydrogen-bond donors (Lipinski definition) is 3. The van der Waals surface area contributed by atoms with Crippen LogP contribution >= 0.6 is 15.9 Å². The van der Waals surface area contributed by atoms with Crippen molar-refractivity contribution in [2.45, 2.75) is 13.3 Å². The monoisotopic (exact) mass is 255 g/mol. The summed E-state index contributed by atoms with van der Waals surface area (Å²) in [7, 11) is 0. The third kappa shape index (κ3) is 3.38. The highest BCUT2D eigenvalue weighted by Crippen LogP contribution is 2.19. The molecule has 0 aliphatic rings. The molecule has 3 nitrogen and oxygen atoms in total. The second kappa shape index (κ2) is 5.00. The molecule has 1 aromatic carbocycles. The van der Waals surface area contributed by atoms with Gasteiger partial charge in [-0.2, -0.15) is 0 Å². The van der Waals surface area contributed by atoms with Gasteiger partial charge in [0.1, 0.15) is 0 Å². The van der Waals surface area contributed by atoms with Crippen LogP contribution in [0.1, 0.15) is 12.0 Å². The Morgan fingerprint density at radius 3 is 2.86 bits per heavy atom. The lowest BCUT2D eigenvalue weighted by Crippen LogP contribution is -2.15. The number of rotatable bonds is 4. The summed E-state index contributed by atoms with van der Waals surface area (Å²) in [5, 5.41) is 10.3. The fourth-order valence-electron chi connectivity index (χ4n) is 1.16. The molecular weight excluding hydrogens is 242 g/mol. The molecule has 0 aromatic heterocycles. The average Bonchev–Trinajstić information content (AvgIpc) is 2.08. The minimum Gasteiger partial charge on any atom is -0.388 e. The maximum absolute atomic E-state index is 7.08. The van der Waals surface area contributed by atoms with Gasteiger partial charge in [-0.3, -0.25) is 5.41 Å². The zero-order valence-electron chi connectivity index (χ0n) is 8.10. The molecule has 0 atom stereocenters. The predicted molar refractivity (Wildman–Crippen MR) is 63.9 cm³/mol. The van der Waals surface area contributed by atoms with Gasteiger partial charge in [0.2, 0.25) is 0 Å². The minimum atomic E-state index is 0.215. The number of nitrogens with one attached hydrogen (secondary N) is 2. The molecule has 0 saturated heterocycles. The van der Waals surface area contributed by atoms with Crippen LogP contribution in [0.2, 0.25) is 0 Å². The molecular formula is C10H14BrN3. The lowest BCUT2D eigenvalue weighted by atomic mass is 10.2. The molecule has 1 aromatic rings. The Kier molecular flexibility index (Phi) is 3.95. The highest BCUT2D eigenvalue weighted by Gasteiger charge is 1.98. The first kappa shape index (κ1) is 11.0. The van der Waals surface area contributed by atoms with Crippen molar-refractivity contribution in [2.75, 3.05) is 11.9 Å². The van der Waals surface area contributed by atoms with E-state index >= 15 is 0 Å². The van der Waals surface area contributed by atoms with E-state index in [1.54, 1.807) is 0 Å². The van der Waals surface area contributed by atoms with E-state index in [0.29, 0.717) is 13.0 Å². The molecule has 0 fully saturated rings. The summed E-state index contributed by atoms with van der Waals surface area (Å²) in [5.41, 5.74) is 7.53. The molecule has 0 saturated carbocycles. The fourth-order valence-corrected chi connectivity index (χ4v) is 1.63. The van der Waals surface area contributed by atoms with Crippen LogP contribution in [0, 0.1) is 12.3 Å². The standard InChI is InChI=1S/C10H14BrN3/c1-7-6-8(11)2-3-9(7)14-5-4-10(12)13/h2-3,6,14H,4-5H2,1H3,(H3,12,13). The van der Waals surface area contributed by atoms with Crippen molar-refractivity contribution in [3.05, 3.63) is 28.2 Å². The summed E-state index contributed by atoms with van der Waals surface area (Å²) in [5.74, 6) is 0.215. The SMILES string of the molecule is Cc1cc(Br)ccc1NCCC(=N)N. The molecule has 0 heterocycles. The summed E-state index contributed by atoms with van der Waals surface area (Å²) in [4.78, 5) is 0. The Hall–Kier alpha value is -1.03. The van der Waals surface area contributed by atoms with E-state index in [1.807, 2.05) is 19.1 Å². The molecule has 0 aliphatic carbocycles. The lowest BCUT2D eigenvalue weighted by Gasteiger charge is -2.08. The second-order valence-corrected chi connectivity index (χ2v) is 4.08. The van der Waals surface area contributed by atoms with Crippen molar-refractivity contribution in [1.29, 1.82) is 5.41 Å². The van der Waals surface area contributed by atoms with Crippen molar-refractivity contribution in [2.24, 2.45) is 5.73 Å². The topological polar surface area (TPSA) is 61.9 Å². The van der Waals surface area contributed by atoms with Crippen molar-refractivity contribution < 1.29 is 0 Å². The summed E-state index contributed by atoms with van der Waals surface area (Å²) >= 11 is 3.41. The van der Waals surface area contributed by atoms with E-state index in [1.165, 1.54) is 5.56 Å². The zero-order chi connectivity index (χ0) is 10.6. The molecule has 4 heteroatoms. The highest BCUT2D eigenvalue weighted by molar-refractivity contribution is 9.10. The Morgan fingerprint density at radius 1 is 1.57 bits per heavy atom. The number of hydrogen-bond acceptors (Lipinski definition) is 2. The maximum Gasteiger partial charge on any atom is 0.0923 e. The first-order valence-corrected chi connectivity index (χ1v) is 5.22. The molecule has 0 spiro atoms. The van der Waals surface area contributed by atoms with Crippen LogP contribution < -0.4 is 11.1 Å². The molecule has 14 heavy (non-hydrogen) atoms. The molecule has 4 N–H and O–H groups in total. The van der Waals surface area contributed by atoms with Crippen LogP contribution in [0.5, 0.6) is 0 Å². The van der Waals surface area contributed by atoms with Crippen molar-refractivity contribution >= 4 is 27.5 Å². The number of amidine groups is 1. The van der Waals surface area contributed by atoms with Gasteiger partial charge in [0.05, 0.1) is 5.84 Å². The van der Waals surface area contributed by atoms with Gasteiger partial charge in [0, 0.05) is 23.1 Å². The minimum absolute atomic E-state index is 0.215. The molecule has 0 bridgehead atoms. The van der Waals surface area contributed by atoms with Crippen LogP contribution in [0.3, 0.4) is 0 Å². The summed E-state index contributed by atoms with van der Waals surface area (Å²) < 4.78 is 1.08. The van der Waals surface area contributed by atoms with Crippen LogP contribution in [-0.4, -0.2) is 12.4 Å². The average molecular weight is 256 g/mol. The van der Waals surface area contributed by atoms with E-state index in [-0.39, 0.29) is 5.84 Å². The number of anilines is 1. The predicted octanol–water partition coefficient (Wildman–Crippen LogP) is 2.50. The molecule has 1 rings (SSSR count). The Balaban J connectivity index is 2.55. The molecule has 0 amide bonds. The lowest BCUT2D eigenvalue weighted by molar-refractivity contribution is 1.07. The molecule has 0 radical (unpaired) electrons. The van der Waals surface area contributed by atoms with Crippen molar-refractivity contribution in [3.63, 3.8) is 0 Å². The van der Waals surface area contributed by atoms with Gasteiger partial charge in [-0.1, -0.05) is 15.9 Å². The zero-order valence-corrected chi connectivity index (χ0v) is 9.69. The first-order chi connectivity index (χ1) is 6.59. The van der Waals surface area contributed by atoms with Gasteiger partial charge in [0.15, 0.2) is 0 Å². The number of halogens is 1. The van der Waals surface area contributed by atoms with Crippen molar-refractivity contribution in [1.82, 2.24) is 0 Å². The number of aryl methyl sites for hydroxylation is 1. The van der Waals surface area contributed by atoms with Gasteiger partial charge < -0.3 is 11.1 Å². The quantitative estimate of drug-likeness (QED) is 0.572. The molecule has 0 unspecified atom stereocenters. The van der Waals surface area contributed by atoms with Gasteiger partial charge in [-0.05, 0) is 30.7 Å².